The molecule has 1 fully saturated rings. The first-order valence-electron chi connectivity index (χ1n) is 9.34. The Morgan fingerprint density at radius 1 is 1.11 bits per heavy atom. The standard InChI is InChI=1S/C21H25Cl2N3O2/c1-25-9-11-26(12-10-25)14-19(16-5-3-2-4-6-16)24-21(27)15-28-20-13-17(22)7-8-18(20)23/h2-8,13,19H,9-12,14-15H2,1H3,(H,24,27). The van der Waals surface area contributed by atoms with Crippen LogP contribution in [-0.2, 0) is 4.79 Å². The minimum atomic E-state index is -0.195. The summed E-state index contributed by atoms with van der Waals surface area (Å²) in [7, 11) is 2.13. The summed E-state index contributed by atoms with van der Waals surface area (Å²) in [5.41, 5.74) is 1.08. The van der Waals surface area contributed by atoms with Gasteiger partial charge in [-0.2, -0.15) is 0 Å². The normalized spacial score (nSPS) is 16.5. The third kappa shape index (κ3) is 6.11. The molecule has 2 aromatic carbocycles. The Balaban J connectivity index is 1.61. The zero-order valence-electron chi connectivity index (χ0n) is 15.9. The zero-order valence-corrected chi connectivity index (χ0v) is 17.4. The summed E-state index contributed by atoms with van der Waals surface area (Å²) in [6.07, 6.45) is 0. The van der Waals surface area contributed by atoms with Gasteiger partial charge in [0.15, 0.2) is 6.61 Å². The van der Waals surface area contributed by atoms with Crippen molar-refractivity contribution in [2.45, 2.75) is 6.04 Å². The van der Waals surface area contributed by atoms with E-state index in [9.17, 15) is 4.79 Å². The lowest BCUT2D eigenvalue weighted by Gasteiger charge is -2.35. The fraction of sp³-hybridized carbons (Fsp3) is 0.381. The molecule has 0 spiro atoms. The Morgan fingerprint density at radius 2 is 1.82 bits per heavy atom. The average molecular weight is 422 g/mol. The van der Waals surface area contributed by atoms with Crippen molar-refractivity contribution in [1.82, 2.24) is 15.1 Å². The minimum absolute atomic E-state index is 0.101. The van der Waals surface area contributed by atoms with Crippen LogP contribution in [0.5, 0.6) is 5.75 Å². The largest absolute Gasteiger partial charge is 0.482 e. The van der Waals surface area contributed by atoms with Gasteiger partial charge < -0.3 is 15.0 Å². The minimum Gasteiger partial charge on any atom is -0.482 e. The molecule has 0 radical (unpaired) electrons. The van der Waals surface area contributed by atoms with Crippen molar-refractivity contribution >= 4 is 29.1 Å². The van der Waals surface area contributed by atoms with Crippen LogP contribution in [-0.4, -0.2) is 62.1 Å². The van der Waals surface area contributed by atoms with Crippen LogP contribution in [0.25, 0.3) is 0 Å². The highest BCUT2D eigenvalue weighted by molar-refractivity contribution is 6.34. The predicted molar refractivity (Wildman–Crippen MR) is 113 cm³/mol. The zero-order chi connectivity index (χ0) is 19.9. The molecule has 0 bridgehead atoms. The van der Waals surface area contributed by atoms with Crippen LogP contribution in [0, 0.1) is 0 Å². The summed E-state index contributed by atoms with van der Waals surface area (Å²) in [4.78, 5) is 17.2. The van der Waals surface area contributed by atoms with Gasteiger partial charge in [-0.3, -0.25) is 9.69 Å². The Labute approximate surface area is 176 Å². The molecule has 0 aliphatic carbocycles. The van der Waals surface area contributed by atoms with Crippen molar-refractivity contribution in [3.8, 4) is 5.75 Å². The van der Waals surface area contributed by atoms with Gasteiger partial charge >= 0.3 is 0 Å². The highest BCUT2D eigenvalue weighted by Crippen LogP contribution is 2.27. The molecule has 5 nitrogen and oxygen atoms in total. The van der Waals surface area contributed by atoms with Crippen LogP contribution in [0.15, 0.2) is 48.5 Å². The predicted octanol–water partition coefficient (Wildman–Crippen LogP) is 3.48. The number of piperazine rings is 1. The first-order valence-corrected chi connectivity index (χ1v) is 10.1. The van der Waals surface area contributed by atoms with Crippen molar-refractivity contribution in [3.05, 3.63) is 64.1 Å². The van der Waals surface area contributed by atoms with Crippen LogP contribution in [0.1, 0.15) is 11.6 Å². The van der Waals surface area contributed by atoms with E-state index in [0.29, 0.717) is 15.8 Å². The summed E-state index contributed by atoms with van der Waals surface area (Å²) in [5.74, 6) is 0.207. The molecule has 1 unspecified atom stereocenters. The Hall–Kier alpha value is -1.79. The van der Waals surface area contributed by atoms with Crippen molar-refractivity contribution in [1.29, 1.82) is 0 Å². The molecular formula is C21H25Cl2N3O2. The average Bonchev–Trinajstić information content (AvgIpc) is 2.70. The molecular weight excluding hydrogens is 397 g/mol. The summed E-state index contributed by atoms with van der Waals surface area (Å²) in [6, 6.07) is 14.9. The van der Waals surface area contributed by atoms with Crippen molar-refractivity contribution < 1.29 is 9.53 Å². The van der Waals surface area contributed by atoms with Gasteiger partial charge in [0.1, 0.15) is 5.75 Å². The third-order valence-electron chi connectivity index (χ3n) is 4.83. The number of nitrogens with one attached hydrogen (secondary N) is 1. The number of rotatable bonds is 7. The third-order valence-corrected chi connectivity index (χ3v) is 5.37. The number of hydrogen-bond acceptors (Lipinski definition) is 4. The van der Waals surface area contributed by atoms with Crippen molar-refractivity contribution in [2.24, 2.45) is 0 Å². The Bertz CT molecular complexity index is 780. The number of carbonyl (C=O) groups is 1. The van der Waals surface area contributed by atoms with E-state index < -0.39 is 0 Å². The first-order chi connectivity index (χ1) is 13.5. The van der Waals surface area contributed by atoms with Gasteiger partial charge in [-0.1, -0.05) is 53.5 Å². The second-order valence-corrected chi connectivity index (χ2v) is 7.84. The summed E-state index contributed by atoms with van der Waals surface area (Å²) >= 11 is 12.1. The fourth-order valence-electron chi connectivity index (χ4n) is 3.18. The van der Waals surface area contributed by atoms with Crippen LogP contribution in [0.3, 0.4) is 0 Å². The molecule has 1 aliphatic rings. The molecule has 3 rings (SSSR count). The van der Waals surface area contributed by atoms with Crippen LogP contribution in [0.4, 0.5) is 0 Å². The van der Waals surface area contributed by atoms with E-state index in [0.717, 1.165) is 38.3 Å². The Morgan fingerprint density at radius 3 is 2.54 bits per heavy atom. The summed E-state index contributed by atoms with van der Waals surface area (Å²) < 4.78 is 5.57. The molecule has 1 N–H and O–H groups in total. The lowest BCUT2D eigenvalue weighted by atomic mass is 10.1. The van der Waals surface area contributed by atoms with Gasteiger partial charge in [-0.05, 0) is 24.7 Å². The maximum Gasteiger partial charge on any atom is 0.258 e. The number of carbonyl (C=O) groups excluding carboxylic acids is 1. The number of nitrogens with zero attached hydrogens (tertiary/aromatic N) is 2. The Kier molecular flexibility index (Phi) is 7.57. The molecule has 1 aliphatic heterocycles. The van der Waals surface area contributed by atoms with Gasteiger partial charge in [-0.25, -0.2) is 0 Å². The monoisotopic (exact) mass is 421 g/mol. The first kappa shape index (κ1) is 20.9. The summed E-state index contributed by atoms with van der Waals surface area (Å²) in [5, 5.41) is 4.04. The summed E-state index contributed by atoms with van der Waals surface area (Å²) in [6.45, 7) is 4.69. The van der Waals surface area contributed by atoms with Crippen molar-refractivity contribution in [3.63, 3.8) is 0 Å². The van der Waals surface area contributed by atoms with Crippen LogP contribution < -0.4 is 10.1 Å². The smallest absolute Gasteiger partial charge is 0.258 e. The number of amides is 1. The second-order valence-electron chi connectivity index (χ2n) is 7.00. The van der Waals surface area contributed by atoms with Crippen LogP contribution >= 0.6 is 23.2 Å². The van der Waals surface area contributed by atoms with Crippen LogP contribution in [0.2, 0.25) is 10.0 Å². The molecule has 7 heteroatoms. The van der Waals surface area contributed by atoms with E-state index >= 15 is 0 Å². The molecule has 1 saturated heterocycles. The van der Waals surface area contributed by atoms with Gasteiger partial charge in [0.2, 0.25) is 0 Å². The number of hydrogen-bond donors (Lipinski definition) is 1. The maximum atomic E-state index is 12.6. The molecule has 28 heavy (non-hydrogen) atoms. The molecule has 1 heterocycles. The quantitative estimate of drug-likeness (QED) is 0.742. The van der Waals surface area contributed by atoms with Gasteiger partial charge in [0, 0.05) is 43.8 Å². The van der Waals surface area contributed by atoms with Gasteiger partial charge in [-0.15, -0.1) is 0 Å². The number of likely N-dealkylation sites (N-methyl/N-ethyl adjacent to an activating group) is 1. The fourth-order valence-corrected chi connectivity index (χ4v) is 3.51. The van der Waals surface area contributed by atoms with E-state index in [1.165, 1.54) is 0 Å². The molecule has 1 atom stereocenters. The molecule has 1 amide bonds. The van der Waals surface area contributed by atoms with E-state index in [4.69, 9.17) is 27.9 Å². The SMILES string of the molecule is CN1CCN(CC(NC(=O)COc2cc(Cl)ccc2Cl)c2ccccc2)CC1. The van der Waals surface area contributed by atoms with E-state index in [1.54, 1.807) is 18.2 Å². The molecule has 0 aromatic heterocycles. The number of halogens is 2. The topological polar surface area (TPSA) is 44.8 Å². The van der Waals surface area contributed by atoms with Gasteiger partial charge in [0.25, 0.3) is 5.91 Å². The lowest BCUT2D eigenvalue weighted by molar-refractivity contribution is -0.124. The number of benzene rings is 2. The van der Waals surface area contributed by atoms with Crippen molar-refractivity contribution in [2.75, 3.05) is 46.4 Å². The second kappa shape index (κ2) is 10.1. The molecule has 2 aromatic rings. The molecule has 150 valence electrons. The van der Waals surface area contributed by atoms with E-state index in [1.807, 2.05) is 30.3 Å². The van der Waals surface area contributed by atoms with E-state index in [2.05, 4.69) is 22.2 Å². The lowest BCUT2D eigenvalue weighted by Crippen LogP contribution is -2.48. The maximum absolute atomic E-state index is 12.6. The highest BCUT2D eigenvalue weighted by atomic mass is 35.5. The van der Waals surface area contributed by atoms with E-state index in [-0.39, 0.29) is 18.6 Å². The van der Waals surface area contributed by atoms with Gasteiger partial charge in [0.05, 0.1) is 11.1 Å². The molecule has 0 saturated carbocycles. The highest BCUT2D eigenvalue weighted by Gasteiger charge is 2.21. The number of ether oxygens (including phenoxy) is 1.